The molecule has 1 amide bonds. The maximum absolute atomic E-state index is 12.9. The molecule has 0 heterocycles. The minimum atomic E-state index is -0.503. The fourth-order valence-electron chi connectivity index (χ4n) is 4.35. The van der Waals surface area contributed by atoms with Crippen LogP contribution >= 0.6 is 0 Å². The average molecular weight is 391 g/mol. The lowest BCUT2D eigenvalue weighted by atomic mass is 9.69. The van der Waals surface area contributed by atoms with Crippen molar-refractivity contribution in [1.82, 2.24) is 4.90 Å². The number of hydrogen-bond donors (Lipinski definition) is 0. The Morgan fingerprint density at radius 3 is 2.52 bits per heavy atom. The molecule has 0 aliphatic heterocycles. The van der Waals surface area contributed by atoms with Crippen LogP contribution in [0.3, 0.4) is 0 Å². The Labute approximate surface area is 174 Å². The number of carbonyl (C=O) groups is 1. The lowest BCUT2D eigenvalue weighted by Crippen LogP contribution is -2.44. The molecule has 0 bridgehead atoms. The predicted octanol–water partition coefficient (Wildman–Crippen LogP) is 5.23. The Kier molecular flexibility index (Phi) is 6.93. The molecule has 0 radical (unpaired) electrons. The van der Waals surface area contributed by atoms with E-state index in [-0.39, 0.29) is 11.9 Å². The van der Waals surface area contributed by atoms with E-state index in [9.17, 15) is 10.1 Å². The predicted molar refractivity (Wildman–Crippen MR) is 114 cm³/mol. The van der Waals surface area contributed by atoms with Crippen LogP contribution in [0, 0.1) is 11.3 Å². The van der Waals surface area contributed by atoms with Crippen LogP contribution in [0.5, 0.6) is 5.75 Å². The van der Waals surface area contributed by atoms with E-state index in [1.807, 2.05) is 54.3 Å². The van der Waals surface area contributed by atoms with Gasteiger partial charge < -0.3 is 9.64 Å². The summed E-state index contributed by atoms with van der Waals surface area (Å²) in [5.74, 6) is 0.996. The van der Waals surface area contributed by atoms with Gasteiger partial charge in [0.2, 0.25) is 5.91 Å². The lowest BCUT2D eigenvalue weighted by Gasteiger charge is -2.40. The summed E-state index contributed by atoms with van der Waals surface area (Å²) < 4.78 is 5.36. The first-order chi connectivity index (χ1) is 14.1. The molecule has 1 fully saturated rings. The fourth-order valence-corrected chi connectivity index (χ4v) is 4.35. The largest absolute Gasteiger partial charge is 0.497 e. The summed E-state index contributed by atoms with van der Waals surface area (Å²) >= 11 is 0. The molecule has 0 N–H and O–H groups in total. The van der Waals surface area contributed by atoms with Crippen LogP contribution in [0.25, 0.3) is 0 Å². The Bertz CT molecular complexity index is 849. The van der Waals surface area contributed by atoms with E-state index in [1.165, 1.54) is 0 Å². The second-order valence-electron chi connectivity index (χ2n) is 7.91. The number of nitrogens with zero attached hydrogens (tertiary/aromatic N) is 2. The van der Waals surface area contributed by atoms with E-state index in [2.05, 4.69) is 18.2 Å². The Morgan fingerprint density at radius 1 is 1.17 bits per heavy atom. The molecule has 2 aromatic rings. The molecule has 0 saturated heterocycles. The molecule has 4 nitrogen and oxygen atoms in total. The van der Waals surface area contributed by atoms with Crippen molar-refractivity contribution >= 4 is 5.91 Å². The van der Waals surface area contributed by atoms with Crippen molar-refractivity contribution in [3.63, 3.8) is 0 Å². The molecule has 1 aliphatic carbocycles. The molecule has 29 heavy (non-hydrogen) atoms. The van der Waals surface area contributed by atoms with Gasteiger partial charge in [0.15, 0.2) is 0 Å². The second kappa shape index (κ2) is 9.60. The molecule has 1 saturated carbocycles. The van der Waals surface area contributed by atoms with Crippen LogP contribution in [0.15, 0.2) is 54.6 Å². The van der Waals surface area contributed by atoms with E-state index < -0.39 is 5.41 Å². The first kappa shape index (κ1) is 20.9. The van der Waals surface area contributed by atoms with Gasteiger partial charge in [0.25, 0.3) is 0 Å². The molecular weight excluding hydrogens is 360 g/mol. The maximum atomic E-state index is 12.9. The molecule has 0 spiro atoms. The highest BCUT2D eigenvalue weighted by molar-refractivity contribution is 5.76. The zero-order valence-corrected chi connectivity index (χ0v) is 17.4. The number of amides is 1. The van der Waals surface area contributed by atoms with Gasteiger partial charge in [-0.25, -0.2) is 0 Å². The third-order valence-electron chi connectivity index (χ3n) is 6.07. The molecule has 4 heteroatoms. The van der Waals surface area contributed by atoms with Gasteiger partial charge in [-0.2, -0.15) is 5.26 Å². The summed E-state index contributed by atoms with van der Waals surface area (Å²) in [7, 11) is 1.65. The molecule has 0 aromatic heterocycles. The van der Waals surface area contributed by atoms with Gasteiger partial charge in [-0.3, -0.25) is 4.79 Å². The first-order valence-corrected chi connectivity index (χ1v) is 10.5. The fraction of sp³-hybridized carbons (Fsp3) is 0.440. The second-order valence-corrected chi connectivity index (χ2v) is 7.91. The Morgan fingerprint density at radius 2 is 1.90 bits per heavy atom. The highest BCUT2D eigenvalue weighted by atomic mass is 16.5. The summed E-state index contributed by atoms with van der Waals surface area (Å²) in [6.07, 6.45) is 4.61. The zero-order chi connectivity index (χ0) is 20.7. The number of benzene rings is 2. The molecule has 152 valence electrons. The van der Waals surface area contributed by atoms with E-state index >= 15 is 0 Å². The summed E-state index contributed by atoms with van der Waals surface area (Å²) in [6.45, 7) is 2.69. The Hall–Kier alpha value is -2.80. The van der Waals surface area contributed by atoms with Gasteiger partial charge in [0.05, 0.1) is 18.6 Å². The summed E-state index contributed by atoms with van der Waals surface area (Å²) in [5, 5.41) is 10.0. The van der Waals surface area contributed by atoms with E-state index in [0.29, 0.717) is 13.0 Å². The lowest BCUT2D eigenvalue weighted by molar-refractivity contribution is -0.135. The molecule has 3 rings (SSSR count). The minimum Gasteiger partial charge on any atom is -0.497 e. The van der Waals surface area contributed by atoms with Gasteiger partial charge in [0, 0.05) is 19.0 Å². The van der Waals surface area contributed by atoms with Crippen molar-refractivity contribution in [2.45, 2.75) is 63.5 Å². The summed E-state index contributed by atoms with van der Waals surface area (Å²) in [4.78, 5) is 14.9. The highest BCUT2D eigenvalue weighted by Crippen LogP contribution is 2.41. The average Bonchev–Trinajstić information content (AvgIpc) is 2.78. The van der Waals surface area contributed by atoms with Crippen LogP contribution in [0.2, 0.25) is 0 Å². The van der Waals surface area contributed by atoms with Gasteiger partial charge >= 0.3 is 0 Å². The van der Waals surface area contributed by atoms with Gasteiger partial charge in [-0.05, 0) is 55.4 Å². The quantitative estimate of drug-likeness (QED) is 0.651. The number of ether oxygens (including phenoxy) is 1. The monoisotopic (exact) mass is 390 g/mol. The summed E-state index contributed by atoms with van der Waals surface area (Å²) in [5.41, 5.74) is 1.67. The number of rotatable bonds is 7. The smallest absolute Gasteiger partial charge is 0.223 e. The first-order valence-electron chi connectivity index (χ1n) is 10.5. The van der Waals surface area contributed by atoms with Crippen molar-refractivity contribution in [3.8, 4) is 11.8 Å². The third kappa shape index (κ3) is 4.79. The molecule has 1 aliphatic rings. The van der Waals surface area contributed by atoms with E-state index in [1.54, 1.807) is 7.11 Å². The standard InChI is InChI=1S/C25H30N2O2/c1-3-8-24(28)27(18-20-9-5-4-6-10-20)22-13-15-25(19-26,16-14-22)21-11-7-12-23(17-21)29-2/h4-7,9-12,17,22H,3,8,13-16,18H2,1-2H3/t22-,25-. The van der Waals surface area contributed by atoms with Crippen LogP contribution in [0.4, 0.5) is 0 Å². The summed E-state index contributed by atoms with van der Waals surface area (Å²) in [6, 6.07) is 20.8. The van der Waals surface area contributed by atoms with Crippen LogP contribution < -0.4 is 4.74 Å². The Balaban J connectivity index is 1.77. The van der Waals surface area contributed by atoms with Crippen molar-refractivity contribution in [3.05, 3.63) is 65.7 Å². The van der Waals surface area contributed by atoms with Crippen LogP contribution in [-0.4, -0.2) is 24.0 Å². The normalized spacial score (nSPS) is 21.2. The number of carbonyl (C=O) groups excluding carboxylic acids is 1. The number of methoxy groups -OCH3 is 1. The van der Waals surface area contributed by atoms with Crippen molar-refractivity contribution in [1.29, 1.82) is 5.26 Å². The number of nitriles is 1. The highest BCUT2D eigenvalue weighted by Gasteiger charge is 2.39. The maximum Gasteiger partial charge on any atom is 0.223 e. The SMILES string of the molecule is CCCC(=O)N(Cc1ccccc1)[C@H]1CC[C@](C#N)(c2cccc(OC)c2)CC1. The molecular formula is C25H30N2O2. The topological polar surface area (TPSA) is 53.3 Å². The van der Waals surface area contributed by atoms with Crippen molar-refractivity contribution < 1.29 is 9.53 Å². The van der Waals surface area contributed by atoms with Crippen LogP contribution in [0.1, 0.15) is 56.6 Å². The van der Waals surface area contributed by atoms with Crippen LogP contribution in [-0.2, 0) is 16.8 Å². The van der Waals surface area contributed by atoms with Crippen molar-refractivity contribution in [2.75, 3.05) is 7.11 Å². The zero-order valence-electron chi connectivity index (χ0n) is 17.4. The minimum absolute atomic E-state index is 0.182. The number of hydrogen-bond acceptors (Lipinski definition) is 3. The third-order valence-corrected chi connectivity index (χ3v) is 6.07. The molecule has 0 unspecified atom stereocenters. The van der Waals surface area contributed by atoms with E-state index in [0.717, 1.165) is 49.0 Å². The van der Waals surface area contributed by atoms with E-state index in [4.69, 9.17) is 4.74 Å². The van der Waals surface area contributed by atoms with Crippen molar-refractivity contribution in [2.24, 2.45) is 0 Å². The van der Waals surface area contributed by atoms with Gasteiger partial charge in [-0.1, -0.05) is 49.4 Å². The van der Waals surface area contributed by atoms with Gasteiger partial charge in [-0.15, -0.1) is 0 Å². The molecule has 2 aromatic carbocycles. The molecule has 0 atom stereocenters. The van der Waals surface area contributed by atoms with Gasteiger partial charge in [0.1, 0.15) is 5.75 Å².